The molecule has 0 atom stereocenters. The number of carbonyl (C=O) groups is 1. The van der Waals surface area contributed by atoms with Crippen LogP contribution in [-0.2, 0) is 10.0 Å². The molecule has 2 rings (SSSR count). The van der Waals surface area contributed by atoms with Crippen molar-refractivity contribution < 1.29 is 13.2 Å². The fraction of sp³-hybridized carbons (Fsp3) is 0.529. The number of anilines is 1. The van der Waals surface area contributed by atoms with Gasteiger partial charge in [0.2, 0.25) is 0 Å². The highest BCUT2D eigenvalue weighted by atomic mass is 32.2. The number of amidine groups is 1. The molecule has 0 saturated carbocycles. The molecule has 1 aliphatic rings. The maximum Gasteiger partial charge on any atom is 0.286 e. The number of fused-ring (bicyclic) bond motifs is 1. The van der Waals surface area contributed by atoms with E-state index in [9.17, 15) is 13.2 Å². The van der Waals surface area contributed by atoms with Gasteiger partial charge >= 0.3 is 0 Å². The molecule has 132 valence electrons. The van der Waals surface area contributed by atoms with Gasteiger partial charge in [-0.2, -0.15) is 8.42 Å². The number of carbonyl (C=O) groups excluding carboxylic acids is 1. The molecule has 7 heteroatoms. The number of sulfonamides is 1. The molecule has 0 spiro atoms. The number of benzene rings is 1. The maximum atomic E-state index is 12.4. The lowest BCUT2D eigenvalue weighted by Gasteiger charge is -2.30. The highest BCUT2D eigenvalue weighted by Crippen LogP contribution is 2.33. The average Bonchev–Trinajstić information content (AvgIpc) is 2.50. The third-order valence-corrected chi connectivity index (χ3v) is 5.18. The Kier molecular flexibility index (Phi) is 5.64. The molecule has 1 N–H and O–H groups in total. The lowest BCUT2D eigenvalue weighted by molar-refractivity contribution is 0.0953. The third kappa shape index (κ3) is 3.95. The van der Waals surface area contributed by atoms with Gasteiger partial charge in [-0.15, -0.1) is 4.40 Å². The molecule has 0 aromatic heterocycles. The summed E-state index contributed by atoms with van der Waals surface area (Å²) in [6, 6.07) is 4.79. The normalized spacial score (nSPS) is 15.9. The van der Waals surface area contributed by atoms with Crippen molar-refractivity contribution in [1.82, 2.24) is 5.32 Å². The van der Waals surface area contributed by atoms with E-state index in [0.717, 1.165) is 12.8 Å². The molecular weight excluding hydrogens is 326 g/mol. The number of amides is 1. The van der Waals surface area contributed by atoms with Crippen molar-refractivity contribution in [3.63, 3.8) is 0 Å². The summed E-state index contributed by atoms with van der Waals surface area (Å²) in [5.74, 6) is 0.542. The van der Waals surface area contributed by atoms with Gasteiger partial charge in [0, 0.05) is 18.7 Å². The van der Waals surface area contributed by atoms with Crippen molar-refractivity contribution in [1.29, 1.82) is 0 Å². The Labute approximate surface area is 144 Å². The van der Waals surface area contributed by atoms with Crippen LogP contribution < -0.4 is 10.2 Å². The first-order valence-corrected chi connectivity index (χ1v) is 9.71. The fourth-order valence-electron chi connectivity index (χ4n) is 2.61. The van der Waals surface area contributed by atoms with Crippen LogP contribution in [0.25, 0.3) is 0 Å². The summed E-state index contributed by atoms with van der Waals surface area (Å²) in [6.45, 7) is 9.10. The summed E-state index contributed by atoms with van der Waals surface area (Å²) in [5, 5.41) is 2.80. The topological polar surface area (TPSA) is 78.8 Å². The lowest BCUT2D eigenvalue weighted by atomic mass is 10.1. The predicted octanol–water partition coefficient (Wildman–Crippen LogP) is 2.80. The molecule has 0 bridgehead atoms. The van der Waals surface area contributed by atoms with Gasteiger partial charge in [-0.1, -0.05) is 27.2 Å². The number of hydrogen-bond acceptors (Lipinski definition) is 4. The Hall–Kier alpha value is -1.89. The zero-order chi connectivity index (χ0) is 17.9. The summed E-state index contributed by atoms with van der Waals surface area (Å²) in [6.07, 6.45) is 1.87. The minimum atomic E-state index is -3.77. The number of hydrogen-bond donors (Lipinski definition) is 1. The summed E-state index contributed by atoms with van der Waals surface area (Å²) in [5.41, 5.74) is 0.925. The van der Waals surface area contributed by atoms with E-state index in [-0.39, 0.29) is 10.8 Å². The summed E-state index contributed by atoms with van der Waals surface area (Å²) < 4.78 is 28.7. The van der Waals surface area contributed by atoms with Crippen LogP contribution >= 0.6 is 0 Å². The molecule has 24 heavy (non-hydrogen) atoms. The zero-order valence-electron chi connectivity index (χ0n) is 14.7. The van der Waals surface area contributed by atoms with Crippen molar-refractivity contribution in [2.45, 2.75) is 45.4 Å². The number of nitrogens with one attached hydrogen (secondary N) is 1. The Morgan fingerprint density at radius 1 is 1.33 bits per heavy atom. The van der Waals surface area contributed by atoms with E-state index in [2.05, 4.69) is 23.6 Å². The van der Waals surface area contributed by atoms with E-state index < -0.39 is 10.0 Å². The van der Waals surface area contributed by atoms with Crippen molar-refractivity contribution in [2.75, 3.05) is 18.0 Å². The van der Waals surface area contributed by atoms with Gasteiger partial charge in [0.05, 0.1) is 5.69 Å². The Bertz CT molecular complexity index is 754. The molecule has 0 saturated heterocycles. The van der Waals surface area contributed by atoms with Gasteiger partial charge in [-0.05, 0) is 37.5 Å². The third-order valence-electron chi connectivity index (χ3n) is 3.80. The fourth-order valence-corrected chi connectivity index (χ4v) is 3.87. The predicted molar refractivity (Wildman–Crippen MR) is 96.2 cm³/mol. The van der Waals surface area contributed by atoms with Crippen LogP contribution in [0.15, 0.2) is 27.5 Å². The summed E-state index contributed by atoms with van der Waals surface area (Å²) in [7, 11) is -3.77. The Morgan fingerprint density at radius 2 is 2.04 bits per heavy atom. The zero-order valence-corrected chi connectivity index (χ0v) is 15.5. The molecule has 1 aromatic carbocycles. The minimum absolute atomic E-state index is 0.0943. The van der Waals surface area contributed by atoms with Crippen molar-refractivity contribution in [3.8, 4) is 0 Å². The van der Waals surface area contributed by atoms with Gasteiger partial charge in [-0.25, -0.2) is 0 Å². The average molecular weight is 351 g/mol. The molecule has 0 radical (unpaired) electrons. The minimum Gasteiger partial charge on any atom is -0.352 e. The number of rotatable bonds is 6. The molecule has 1 aliphatic heterocycles. The second kappa shape index (κ2) is 7.34. The van der Waals surface area contributed by atoms with E-state index in [1.54, 1.807) is 19.1 Å². The van der Waals surface area contributed by atoms with E-state index in [0.29, 0.717) is 36.1 Å². The smallest absolute Gasteiger partial charge is 0.286 e. The standard InChI is InChI=1S/C17H25N3O3S/c1-5-6-9-18-17(21)14-7-8-15-16(10-14)24(22,23)19-13(4)20(15)11-12(2)3/h7-8,10,12H,5-6,9,11H2,1-4H3,(H,18,21). The molecule has 6 nitrogen and oxygen atoms in total. The molecular formula is C17H25N3O3S. The summed E-state index contributed by atoms with van der Waals surface area (Å²) in [4.78, 5) is 14.2. The Balaban J connectivity index is 2.39. The van der Waals surface area contributed by atoms with Gasteiger partial charge in [0.25, 0.3) is 15.9 Å². The first-order chi connectivity index (χ1) is 11.3. The molecule has 0 fully saturated rings. The largest absolute Gasteiger partial charge is 0.352 e. The monoisotopic (exact) mass is 351 g/mol. The van der Waals surface area contributed by atoms with Crippen molar-refractivity contribution >= 4 is 27.5 Å². The Morgan fingerprint density at radius 3 is 2.67 bits per heavy atom. The first-order valence-electron chi connectivity index (χ1n) is 8.27. The number of unbranched alkanes of at least 4 members (excludes halogenated alkanes) is 1. The van der Waals surface area contributed by atoms with Gasteiger partial charge in [0.15, 0.2) is 0 Å². The second-order valence-corrected chi connectivity index (χ2v) is 7.98. The first kappa shape index (κ1) is 18.4. The van der Waals surface area contributed by atoms with E-state index in [1.165, 1.54) is 6.07 Å². The van der Waals surface area contributed by atoms with Gasteiger partial charge in [-0.3, -0.25) is 4.79 Å². The van der Waals surface area contributed by atoms with Crippen LogP contribution in [0, 0.1) is 5.92 Å². The molecule has 0 aliphatic carbocycles. The van der Waals surface area contributed by atoms with Crippen LogP contribution in [0.1, 0.15) is 50.9 Å². The molecule has 1 aromatic rings. The van der Waals surface area contributed by atoms with Crippen LogP contribution in [-0.4, -0.2) is 33.3 Å². The van der Waals surface area contributed by atoms with Gasteiger partial charge in [0.1, 0.15) is 10.7 Å². The highest BCUT2D eigenvalue weighted by molar-refractivity contribution is 7.90. The van der Waals surface area contributed by atoms with Gasteiger partial charge < -0.3 is 10.2 Å². The number of nitrogens with zero attached hydrogens (tertiary/aromatic N) is 2. The maximum absolute atomic E-state index is 12.4. The SMILES string of the molecule is CCCCNC(=O)c1ccc2c(c1)S(=O)(=O)N=C(C)N2CC(C)C. The lowest BCUT2D eigenvalue weighted by Crippen LogP contribution is -2.37. The van der Waals surface area contributed by atoms with E-state index in [1.807, 2.05) is 11.8 Å². The van der Waals surface area contributed by atoms with Crippen LogP contribution in [0.4, 0.5) is 5.69 Å². The molecule has 0 unspecified atom stereocenters. The van der Waals surface area contributed by atoms with Crippen LogP contribution in [0.5, 0.6) is 0 Å². The van der Waals surface area contributed by atoms with Crippen molar-refractivity contribution in [2.24, 2.45) is 10.3 Å². The van der Waals surface area contributed by atoms with E-state index in [4.69, 9.17) is 0 Å². The van der Waals surface area contributed by atoms with E-state index >= 15 is 0 Å². The quantitative estimate of drug-likeness (QED) is 0.799. The molecule has 1 amide bonds. The second-order valence-electron chi connectivity index (χ2n) is 6.41. The molecule has 1 heterocycles. The van der Waals surface area contributed by atoms with Crippen molar-refractivity contribution in [3.05, 3.63) is 23.8 Å². The summed E-state index contributed by atoms with van der Waals surface area (Å²) >= 11 is 0. The van der Waals surface area contributed by atoms with Crippen LogP contribution in [0.3, 0.4) is 0 Å². The highest BCUT2D eigenvalue weighted by Gasteiger charge is 2.30. The van der Waals surface area contributed by atoms with Crippen LogP contribution in [0.2, 0.25) is 0 Å².